The zero-order valence-corrected chi connectivity index (χ0v) is 15.9. The molecule has 7 heteroatoms. The summed E-state index contributed by atoms with van der Waals surface area (Å²) in [5.74, 6) is -0.470. The van der Waals surface area contributed by atoms with Crippen molar-refractivity contribution in [2.24, 2.45) is 0 Å². The van der Waals surface area contributed by atoms with E-state index in [1.54, 1.807) is 46.2 Å². The number of hydrogen-bond acceptors (Lipinski definition) is 3. The second-order valence-corrected chi connectivity index (χ2v) is 6.52. The number of nitrogens with zero attached hydrogens (tertiary/aromatic N) is 2. The van der Waals surface area contributed by atoms with Crippen LogP contribution in [-0.2, 0) is 11.3 Å². The van der Waals surface area contributed by atoms with Crippen molar-refractivity contribution in [3.63, 3.8) is 0 Å². The number of carbonyl (C=O) groups excluding carboxylic acids is 2. The summed E-state index contributed by atoms with van der Waals surface area (Å²) >= 11 is 0. The van der Waals surface area contributed by atoms with Crippen molar-refractivity contribution in [2.75, 3.05) is 38.2 Å². The molecule has 1 heterocycles. The number of para-hydroxylation sites is 1. The molecule has 1 N–H and O–H groups in total. The standard InChI is InChI=1S/C21H24FN3O3/c1-2-24(15-16-6-5-7-17(22)14-16)21(27)23-19-9-4-3-8-18(19)20(26)25-10-12-28-13-11-25/h3-9,14H,2,10-13,15H2,1H3,(H,23,27). The summed E-state index contributed by atoms with van der Waals surface area (Å²) in [5.41, 5.74) is 1.61. The maximum atomic E-state index is 13.4. The first-order valence-corrected chi connectivity index (χ1v) is 9.35. The fraction of sp³-hybridized carbons (Fsp3) is 0.333. The van der Waals surface area contributed by atoms with Crippen molar-refractivity contribution in [1.82, 2.24) is 9.80 Å². The van der Waals surface area contributed by atoms with Gasteiger partial charge < -0.3 is 19.9 Å². The van der Waals surface area contributed by atoms with E-state index in [1.165, 1.54) is 12.1 Å². The van der Waals surface area contributed by atoms with Crippen LogP contribution in [0, 0.1) is 5.82 Å². The molecular weight excluding hydrogens is 361 g/mol. The predicted molar refractivity (Wildman–Crippen MR) is 105 cm³/mol. The summed E-state index contributed by atoms with van der Waals surface area (Å²) in [4.78, 5) is 28.9. The van der Waals surface area contributed by atoms with Crippen LogP contribution >= 0.6 is 0 Å². The molecule has 3 rings (SSSR count). The van der Waals surface area contributed by atoms with E-state index < -0.39 is 0 Å². The van der Waals surface area contributed by atoms with Crippen molar-refractivity contribution < 1.29 is 18.7 Å². The van der Waals surface area contributed by atoms with Gasteiger partial charge in [0.1, 0.15) is 5.82 Å². The number of benzene rings is 2. The van der Waals surface area contributed by atoms with Gasteiger partial charge in [-0.3, -0.25) is 4.79 Å². The lowest BCUT2D eigenvalue weighted by molar-refractivity contribution is 0.0303. The van der Waals surface area contributed by atoms with Gasteiger partial charge >= 0.3 is 6.03 Å². The normalized spacial score (nSPS) is 13.9. The Morgan fingerprint density at radius 2 is 1.89 bits per heavy atom. The number of rotatable bonds is 5. The Labute approximate surface area is 163 Å². The highest BCUT2D eigenvalue weighted by Crippen LogP contribution is 2.19. The number of morpholine rings is 1. The van der Waals surface area contributed by atoms with Gasteiger partial charge in [-0.2, -0.15) is 0 Å². The number of ether oxygens (including phenoxy) is 1. The van der Waals surface area contributed by atoms with Crippen LogP contribution in [0.1, 0.15) is 22.8 Å². The first-order valence-electron chi connectivity index (χ1n) is 9.35. The minimum atomic E-state index is -0.339. The van der Waals surface area contributed by atoms with Gasteiger partial charge in [-0.15, -0.1) is 0 Å². The van der Waals surface area contributed by atoms with Gasteiger partial charge in [0, 0.05) is 26.2 Å². The minimum Gasteiger partial charge on any atom is -0.378 e. The molecule has 2 aromatic carbocycles. The molecule has 0 unspecified atom stereocenters. The molecule has 6 nitrogen and oxygen atoms in total. The van der Waals surface area contributed by atoms with E-state index >= 15 is 0 Å². The Morgan fingerprint density at radius 3 is 2.61 bits per heavy atom. The summed E-state index contributed by atoms with van der Waals surface area (Å²) in [6, 6.07) is 12.8. The molecule has 0 spiro atoms. The molecule has 28 heavy (non-hydrogen) atoms. The molecule has 1 aliphatic rings. The minimum absolute atomic E-state index is 0.132. The van der Waals surface area contributed by atoms with Crippen molar-refractivity contribution >= 4 is 17.6 Å². The fourth-order valence-electron chi connectivity index (χ4n) is 3.09. The van der Waals surface area contributed by atoms with Crippen LogP contribution in [-0.4, -0.2) is 54.6 Å². The Balaban J connectivity index is 1.73. The van der Waals surface area contributed by atoms with E-state index in [2.05, 4.69) is 5.32 Å². The third kappa shape index (κ3) is 4.86. The maximum absolute atomic E-state index is 13.4. The Morgan fingerprint density at radius 1 is 1.14 bits per heavy atom. The van der Waals surface area contributed by atoms with Gasteiger partial charge in [0.25, 0.3) is 5.91 Å². The second kappa shape index (κ2) is 9.32. The van der Waals surface area contributed by atoms with Gasteiger partial charge in [0.2, 0.25) is 0 Å². The van der Waals surface area contributed by atoms with Gasteiger partial charge in [-0.25, -0.2) is 9.18 Å². The lowest BCUT2D eigenvalue weighted by atomic mass is 10.1. The van der Waals surface area contributed by atoms with Crippen LogP contribution in [0.15, 0.2) is 48.5 Å². The van der Waals surface area contributed by atoms with Gasteiger partial charge in [0.15, 0.2) is 0 Å². The summed E-state index contributed by atoms with van der Waals surface area (Å²) in [7, 11) is 0. The largest absolute Gasteiger partial charge is 0.378 e. The molecule has 0 aromatic heterocycles. The SMILES string of the molecule is CCN(Cc1cccc(F)c1)C(=O)Nc1ccccc1C(=O)N1CCOCC1. The fourth-order valence-corrected chi connectivity index (χ4v) is 3.09. The quantitative estimate of drug-likeness (QED) is 0.859. The number of carbonyl (C=O) groups is 2. The van der Waals surface area contributed by atoms with E-state index in [9.17, 15) is 14.0 Å². The van der Waals surface area contributed by atoms with E-state index in [0.29, 0.717) is 49.7 Å². The van der Waals surface area contributed by atoms with Crippen molar-refractivity contribution in [2.45, 2.75) is 13.5 Å². The average molecular weight is 385 g/mol. The molecule has 0 bridgehead atoms. The smallest absolute Gasteiger partial charge is 0.322 e. The van der Waals surface area contributed by atoms with Gasteiger partial charge in [0.05, 0.1) is 24.5 Å². The summed E-state index contributed by atoms with van der Waals surface area (Å²) in [5, 5.41) is 2.83. The number of nitrogens with one attached hydrogen (secondary N) is 1. The van der Waals surface area contributed by atoms with E-state index in [4.69, 9.17) is 4.74 Å². The molecule has 1 fully saturated rings. The Hall–Kier alpha value is -2.93. The highest BCUT2D eigenvalue weighted by molar-refractivity contribution is 6.03. The number of urea groups is 1. The Bertz CT molecular complexity index is 837. The number of halogens is 1. The lowest BCUT2D eigenvalue weighted by Gasteiger charge is -2.28. The zero-order chi connectivity index (χ0) is 19.9. The van der Waals surface area contributed by atoms with Crippen LogP contribution in [0.5, 0.6) is 0 Å². The third-order valence-electron chi connectivity index (χ3n) is 4.63. The van der Waals surface area contributed by atoms with Crippen molar-refractivity contribution in [1.29, 1.82) is 0 Å². The monoisotopic (exact) mass is 385 g/mol. The zero-order valence-electron chi connectivity index (χ0n) is 15.9. The Kier molecular flexibility index (Phi) is 6.60. The molecule has 0 radical (unpaired) electrons. The summed E-state index contributed by atoms with van der Waals surface area (Å²) < 4.78 is 18.7. The second-order valence-electron chi connectivity index (χ2n) is 6.52. The van der Waals surface area contributed by atoms with E-state index in [0.717, 1.165) is 0 Å². The van der Waals surface area contributed by atoms with Gasteiger partial charge in [-0.1, -0.05) is 24.3 Å². The lowest BCUT2D eigenvalue weighted by Crippen LogP contribution is -2.41. The molecule has 0 saturated carbocycles. The van der Waals surface area contributed by atoms with E-state index in [1.807, 2.05) is 6.92 Å². The van der Waals surface area contributed by atoms with Crippen LogP contribution in [0.4, 0.5) is 14.9 Å². The maximum Gasteiger partial charge on any atom is 0.322 e. The average Bonchev–Trinajstić information content (AvgIpc) is 2.72. The molecule has 2 aromatic rings. The highest BCUT2D eigenvalue weighted by atomic mass is 19.1. The first kappa shape index (κ1) is 19.8. The summed E-state index contributed by atoms with van der Waals surface area (Å²) in [6.45, 7) is 4.66. The highest BCUT2D eigenvalue weighted by Gasteiger charge is 2.22. The number of hydrogen-bond donors (Lipinski definition) is 1. The molecule has 1 aliphatic heterocycles. The van der Waals surface area contributed by atoms with Crippen LogP contribution < -0.4 is 5.32 Å². The molecule has 1 saturated heterocycles. The first-order chi connectivity index (χ1) is 13.6. The topological polar surface area (TPSA) is 61.9 Å². The molecule has 3 amide bonds. The molecular formula is C21H24FN3O3. The van der Waals surface area contributed by atoms with Crippen LogP contribution in [0.25, 0.3) is 0 Å². The van der Waals surface area contributed by atoms with Crippen LogP contribution in [0.2, 0.25) is 0 Å². The molecule has 0 atom stereocenters. The van der Waals surface area contributed by atoms with Gasteiger partial charge in [-0.05, 0) is 36.8 Å². The summed E-state index contributed by atoms with van der Waals surface area (Å²) in [6.07, 6.45) is 0. The number of anilines is 1. The number of amides is 3. The predicted octanol–water partition coefficient (Wildman–Crippen LogP) is 3.35. The third-order valence-corrected chi connectivity index (χ3v) is 4.63. The molecule has 148 valence electrons. The van der Waals surface area contributed by atoms with Crippen molar-refractivity contribution in [3.05, 3.63) is 65.5 Å². The van der Waals surface area contributed by atoms with Crippen molar-refractivity contribution in [3.8, 4) is 0 Å². The van der Waals surface area contributed by atoms with Crippen LogP contribution in [0.3, 0.4) is 0 Å². The molecule has 0 aliphatic carbocycles. The van der Waals surface area contributed by atoms with E-state index in [-0.39, 0.29) is 24.3 Å².